The van der Waals surface area contributed by atoms with Gasteiger partial charge in [0.25, 0.3) is 0 Å². The normalized spacial score (nSPS) is 11.5. The molecule has 0 fully saturated rings. The highest BCUT2D eigenvalue weighted by Gasteiger charge is 2.19. The first-order chi connectivity index (χ1) is 16.1. The van der Waals surface area contributed by atoms with E-state index in [0.29, 0.717) is 30.3 Å². The molecule has 5 nitrogen and oxygen atoms in total. The van der Waals surface area contributed by atoms with Gasteiger partial charge >= 0.3 is 5.63 Å². The minimum Gasteiger partial charge on any atom is -0.493 e. The van der Waals surface area contributed by atoms with Gasteiger partial charge in [-0.1, -0.05) is 70.9 Å². The fraction of sp³-hybridized carbons (Fsp3) is 0.607. The van der Waals surface area contributed by atoms with Crippen molar-refractivity contribution in [3.63, 3.8) is 0 Å². The van der Waals surface area contributed by atoms with Gasteiger partial charge in [0.05, 0.1) is 24.7 Å². The first kappa shape index (κ1) is 26.8. The number of hydrogen-bond acceptors (Lipinski definition) is 5. The molecule has 0 aliphatic rings. The summed E-state index contributed by atoms with van der Waals surface area (Å²) in [5.74, 6) is 1.29. The van der Waals surface area contributed by atoms with Crippen molar-refractivity contribution in [2.75, 3.05) is 13.2 Å². The van der Waals surface area contributed by atoms with Crippen LogP contribution in [0.3, 0.4) is 0 Å². The quantitative estimate of drug-likeness (QED) is 0.137. The average Bonchev–Trinajstić information content (AvgIpc) is 2.79. The van der Waals surface area contributed by atoms with Crippen LogP contribution in [-0.4, -0.2) is 19.3 Å². The molecule has 1 aromatic heterocycles. The van der Waals surface area contributed by atoms with Crippen LogP contribution in [0.4, 0.5) is 0 Å². The molecule has 2 rings (SSSR count). The minimum atomic E-state index is -0.523. The Morgan fingerprint density at radius 2 is 1.61 bits per heavy atom. The Balaban J connectivity index is 2.05. The van der Waals surface area contributed by atoms with Crippen LogP contribution < -0.4 is 19.8 Å². The highest BCUT2D eigenvalue weighted by molar-refractivity contribution is 5.86. The van der Waals surface area contributed by atoms with Crippen molar-refractivity contribution in [2.24, 2.45) is 0 Å². The molecule has 0 aliphatic carbocycles. The fourth-order valence-electron chi connectivity index (χ4n) is 3.65. The lowest BCUT2D eigenvalue weighted by Gasteiger charge is -2.16. The summed E-state index contributed by atoms with van der Waals surface area (Å²) < 4.78 is 23.3. The lowest BCUT2D eigenvalue weighted by molar-refractivity contribution is 0.210. The molecule has 0 amide bonds. The van der Waals surface area contributed by atoms with Gasteiger partial charge in [0.1, 0.15) is 11.3 Å². The smallest absolute Gasteiger partial charge is 0.383 e. The van der Waals surface area contributed by atoms with Gasteiger partial charge < -0.3 is 18.6 Å². The van der Waals surface area contributed by atoms with Crippen molar-refractivity contribution in [3.05, 3.63) is 40.8 Å². The molecule has 0 aliphatic heterocycles. The topological polar surface area (TPSA) is 57.9 Å². The van der Waals surface area contributed by atoms with Crippen LogP contribution in [0.5, 0.6) is 17.2 Å². The number of allylic oxidation sites excluding steroid dienone is 1. The molecule has 0 saturated carbocycles. The number of benzene rings is 1. The summed E-state index contributed by atoms with van der Waals surface area (Å²) in [6, 6.07) is 5.52. The third-order valence-corrected chi connectivity index (χ3v) is 5.35. The summed E-state index contributed by atoms with van der Waals surface area (Å²) in [7, 11) is 0. The molecule has 0 unspecified atom stereocenters. The number of hydrogen-bond donors (Lipinski definition) is 0. The molecule has 2 aromatic rings. The molecule has 0 bridgehead atoms. The van der Waals surface area contributed by atoms with E-state index in [1.807, 2.05) is 26.0 Å². The molecule has 184 valence electrons. The minimum absolute atomic E-state index is 0.149. The fourth-order valence-corrected chi connectivity index (χ4v) is 3.65. The maximum absolute atomic E-state index is 12.7. The van der Waals surface area contributed by atoms with Crippen LogP contribution in [0.15, 0.2) is 39.6 Å². The Labute approximate surface area is 199 Å². The van der Waals surface area contributed by atoms with Gasteiger partial charge in [-0.05, 0) is 45.2 Å². The Morgan fingerprint density at radius 1 is 0.879 bits per heavy atom. The molecular formula is C28H42O5. The first-order valence-electron chi connectivity index (χ1n) is 12.7. The molecule has 1 aromatic carbocycles. The monoisotopic (exact) mass is 458 g/mol. The van der Waals surface area contributed by atoms with Crippen LogP contribution in [0.1, 0.15) is 91.9 Å². The predicted octanol–water partition coefficient (Wildman–Crippen LogP) is 7.83. The van der Waals surface area contributed by atoms with Gasteiger partial charge in [0.15, 0.2) is 5.75 Å². The van der Waals surface area contributed by atoms with Gasteiger partial charge in [0, 0.05) is 6.07 Å². The second-order valence-corrected chi connectivity index (χ2v) is 8.71. The van der Waals surface area contributed by atoms with Crippen molar-refractivity contribution < 1.29 is 18.6 Å². The molecule has 0 spiro atoms. The summed E-state index contributed by atoms with van der Waals surface area (Å²) >= 11 is 0. The maximum Gasteiger partial charge on any atom is 0.383 e. The third kappa shape index (κ3) is 9.53. The van der Waals surface area contributed by atoms with Crippen molar-refractivity contribution in [2.45, 2.75) is 98.0 Å². The first-order valence-corrected chi connectivity index (χ1v) is 12.7. The van der Waals surface area contributed by atoms with E-state index < -0.39 is 5.63 Å². The van der Waals surface area contributed by atoms with Gasteiger partial charge in [-0.15, -0.1) is 0 Å². The van der Waals surface area contributed by atoms with E-state index in [-0.39, 0.29) is 11.9 Å². The van der Waals surface area contributed by atoms with Crippen molar-refractivity contribution >= 4 is 11.0 Å². The molecule has 0 N–H and O–H groups in total. The molecule has 5 heteroatoms. The average molecular weight is 459 g/mol. The second kappa shape index (κ2) is 15.4. The largest absolute Gasteiger partial charge is 0.493 e. The molecule has 0 radical (unpaired) electrons. The third-order valence-electron chi connectivity index (χ3n) is 5.35. The van der Waals surface area contributed by atoms with E-state index in [1.165, 1.54) is 38.5 Å². The standard InChI is InChI=1S/C28H42O5/c1-5-7-9-11-12-13-14-16-20-31-26-24-18-17-23(30-19-15-10-8-6-2)21-25(24)33-28(29)27(26)32-22(3)4/h8,10,17-18,21-22H,5-7,9,11-16,19-20H2,1-4H3/b10-8+. The van der Waals surface area contributed by atoms with E-state index in [1.54, 1.807) is 6.07 Å². The van der Waals surface area contributed by atoms with Crippen LogP contribution in [-0.2, 0) is 0 Å². The van der Waals surface area contributed by atoms with Crippen LogP contribution in [0.2, 0.25) is 0 Å². The highest BCUT2D eigenvalue weighted by Crippen LogP contribution is 2.35. The van der Waals surface area contributed by atoms with E-state index in [4.69, 9.17) is 18.6 Å². The number of rotatable bonds is 17. The van der Waals surface area contributed by atoms with Gasteiger partial charge in [-0.3, -0.25) is 0 Å². The number of ether oxygens (including phenoxy) is 3. The number of fused-ring (bicyclic) bond motifs is 1. The van der Waals surface area contributed by atoms with E-state index in [0.717, 1.165) is 31.1 Å². The van der Waals surface area contributed by atoms with Crippen LogP contribution in [0.25, 0.3) is 11.0 Å². The Hall–Kier alpha value is -2.43. The maximum atomic E-state index is 12.7. The molecule has 1 heterocycles. The summed E-state index contributed by atoms with van der Waals surface area (Å²) in [4.78, 5) is 12.7. The molecule has 0 atom stereocenters. The lowest BCUT2D eigenvalue weighted by Crippen LogP contribution is -2.15. The Morgan fingerprint density at radius 3 is 2.30 bits per heavy atom. The van der Waals surface area contributed by atoms with E-state index in [9.17, 15) is 4.79 Å². The van der Waals surface area contributed by atoms with Crippen molar-refractivity contribution in [1.82, 2.24) is 0 Å². The molecular weight excluding hydrogens is 416 g/mol. The number of unbranched alkanes of at least 4 members (excludes halogenated alkanes) is 7. The zero-order valence-corrected chi connectivity index (χ0v) is 21.0. The second-order valence-electron chi connectivity index (χ2n) is 8.71. The SMILES string of the molecule is CC/C=C/CCOc1ccc2c(OCCCCCCCCCC)c(OC(C)C)c(=O)oc2c1. The van der Waals surface area contributed by atoms with Crippen LogP contribution in [0, 0.1) is 0 Å². The van der Waals surface area contributed by atoms with Gasteiger partial charge in [-0.25, -0.2) is 4.79 Å². The summed E-state index contributed by atoms with van der Waals surface area (Å²) in [5, 5.41) is 0.725. The van der Waals surface area contributed by atoms with Gasteiger partial charge in [-0.2, -0.15) is 0 Å². The van der Waals surface area contributed by atoms with E-state index >= 15 is 0 Å². The predicted molar refractivity (Wildman–Crippen MR) is 136 cm³/mol. The highest BCUT2D eigenvalue weighted by atomic mass is 16.5. The van der Waals surface area contributed by atoms with Crippen molar-refractivity contribution in [1.29, 1.82) is 0 Å². The van der Waals surface area contributed by atoms with E-state index in [2.05, 4.69) is 26.0 Å². The summed E-state index contributed by atoms with van der Waals surface area (Å²) in [6.45, 7) is 9.23. The van der Waals surface area contributed by atoms with Crippen molar-refractivity contribution in [3.8, 4) is 17.2 Å². The van der Waals surface area contributed by atoms with Gasteiger partial charge in [0.2, 0.25) is 5.75 Å². The zero-order valence-electron chi connectivity index (χ0n) is 21.0. The zero-order chi connectivity index (χ0) is 23.9. The molecule has 33 heavy (non-hydrogen) atoms. The molecule has 0 saturated heterocycles. The summed E-state index contributed by atoms with van der Waals surface area (Å²) in [6.07, 6.45) is 15.7. The Kier molecular flexibility index (Phi) is 12.5. The Bertz CT molecular complexity index is 897. The van der Waals surface area contributed by atoms with Crippen LogP contribution >= 0.6 is 0 Å². The summed E-state index contributed by atoms with van der Waals surface area (Å²) in [5.41, 5.74) is -0.0752. The lowest BCUT2D eigenvalue weighted by atomic mass is 10.1.